The van der Waals surface area contributed by atoms with E-state index >= 15 is 0 Å². The van der Waals surface area contributed by atoms with E-state index in [2.05, 4.69) is 10.1 Å². The second-order valence-corrected chi connectivity index (χ2v) is 3.74. The fraction of sp³-hybridized carbons (Fsp3) is 0.455. The highest BCUT2D eigenvalue weighted by molar-refractivity contribution is 5.23. The van der Waals surface area contributed by atoms with E-state index in [9.17, 15) is 26.3 Å². The summed E-state index contributed by atoms with van der Waals surface area (Å²) >= 11 is 0. The summed E-state index contributed by atoms with van der Waals surface area (Å²) in [7, 11) is 1.34. The molecule has 1 atom stereocenters. The van der Waals surface area contributed by atoms with Gasteiger partial charge in [-0.25, -0.2) is 13.2 Å². The van der Waals surface area contributed by atoms with Crippen molar-refractivity contribution in [1.29, 1.82) is 0 Å². The molecule has 1 aromatic carbocycles. The van der Waals surface area contributed by atoms with Gasteiger partial charge in [0.1, 0.15) is 6.61 Å². The minimum absolute atomic E-state index is 0.302. The van der Waals surface area contributed by atoms with Crippen molar-refractivity contribution < 1.29 is 31.1 Å². The van der Waals surface area contributed by atoms with E-state index in [1.807, 2.05) is 0 Å². The van der Waals surface area contributed by atoms with Gasteiger partial charge in [0.2, 0.25) is 0 Å². The lowest BCUT2D eigenvalue weighted by Crippen LogP contribution is -2.26. The Morgan fingerprint density at radius 2 is 1.79 bits per heavy atom. The summed E-state index contributed by atoms with van der Waals surface area (Å²) in [4.78, 5) is 0. The lowest BCUT2D eigenvalue weighted by molar-refractivity contribution is -0.175. The second kappa shape index (κ2) is 6.25. The minimum atomic E-state index is -4.51. The molecule has 0 spiro atoms. The molecule has 0 aromatic heterocycles. The van der Waals surface area contributed by atoms with Crippen molar-refractivity contribution in [1.82, 2.24) is 5.32 Å². The summed E-state index contributed by atoms with van der Waals surface area (Å²) in [6.45, 7) is -2.03. The predicted molar refractivity (Wildman–Crippen MR) is 55.0 cm³/mol. The Bertz CT molecular complexity index is 434. The summed E-state index contributed by atoms with van der Waals surface area (Å²) in [5.41, 5.74) is -0.302. The Balaban J connectivity index is 2.78. The first-order valence-corrected chi connectivity index (χ1v) is 5.21. The molecule has 0 bridgehead atoms. The Labute approximate surface area is 105 Å². The number of benzene rings is 1. The number of alkyl halides is 3. The number of ether oxygens (including phenoxy) is 1. The normalized spacial score (nSPS) is 13.6. The highest BCUT2D eigenvalue weighted by Crippen LogP contribution is 2.22. The van der Waals surface area contributed by atoms with Crippen molar-refractivity contribution >= 4 is 0 Å². The first kappa shape index (κ1) is 15.8. The monoisotopic (exact) mass is 287 g/mol. The predicted octanol–water partition coefficient (Wildman–Crippen LogP) is 2.94. The van der Waals surface area contributed by atoms with Gasteiger partial charge >= 0.3 is 6.18 Å². The van der Waals surface area contributed by atoms with Crippen LogP contribution in [-0.2, 0) is 4.74 Å². The number of hydrogen-bond donors (Lipinski definition) is 1. The van der Waals surface area contributed by atoms with Gasteiger partial charge in [-0.2, -0.15) is 13.2 Å². The average molecular weight is 287 g/mol. The zero-order valence-electron chi connectivity index (χ0n) is 9.82. The summed E-state index contributed by atoms with van der Waals surface area (Å²) in [6, 6.07) is 0.630. The van der Waals surface area contributed by atoms with Gasteiger partial charge in [0.05, 0.1) is 12.6 Å². The lowest BCUT2D eigenvalue weighted by Gasteiger charge is -2.18. The molecule has 0 heterocycles. The highest BCUT2D eigenvalue weighted by atomic mass is 19.4. The number of hydrogen-bond acceptors (Lipinski definition) is 2. The van der Waals surface area contributed by atoms with Crippen molar-refractivity contribution in [3.05, 3.63) is 35.1 Å². The molecule has 0 fully saturated rings. The molecule has 1 rings (SSSR count). The molecule has 1 N–H and O–H groups in total. The fourth-order valence-electron chi connectivity index (χ4n) is 1.43. The van der Waals surface area contributed by atoms with Crippen LogP contribution < -0.4 is 5.32 Å². The van der Waals surface area contributed by atoms with Crippen LogP contribution in [-0.4, -0.2) is 26.4 Å². The van der Waals surface area contributed by atoms with Crippen LogP contribution in [0.25, 0.3) is 0 Å². The van der Waals surface area contributed by atoms with Crippen LogP contribution in [0.2, 0.25) is 0 Å². The Kier molecular flexibility index (Phi) is 5.19. The van der Waals surface area contributed by atoms with Crippen LogP contribution in [0.3, 0.4) is 0 Å². The standard InChI is InChI=1S/C11H11F6NO/c1-18-8(4-19-5-11(15,16)17)6-2-3-7(12)10(14)9(6)13/h2-3,8,18H,4-5H2,1H3. The third kappa shape index (κ3) is 4.39. The number of rotatable bonds is 5. The average Bonchev–Trinajstić information content (AvgIpc) is 2.32. The molecular weight excluding hydrogens is 276 g/mol. The number of halogens is 6. The molecule has 2 nitrogen and oxygen atoms in total. The van der Waals surface area contributed by atoms with Gasteiger partial charge < -0.3 is 10.1 Å². The first-order chi connectivity index (χ1) is 8.76. The van der Waals surface area contributed by atoms with Gasteiger partial charge in [-0.15, -0.1) is 0 Å². The van der Waals surface area contributed by atoms with Crippen LogP contribution in [0.15, 0.2) is 12.1 Å². The molecular formula is C11H11F6NO. The molecule has 8 heteroatoms. The van der Waals surface area contributed by atoms with E-state index in [4.69, 9.17) is 0 Å². The van der Waals surface area contributed by atoms with Gasteiger partial charge in [-0.3, -0.25) is 0 Å². The van der Waals surface area contributed by atoms with Crippen molar-refractivity contribution in [3.63, 3.8) is 0 Å². The molecule has 0 saturated heterocycles. The van der Waals surface area contributed by atoms with E-state index in [0.717, 1.165) is 6.07 Å². The van der Waals surface area contributed by atoms with E-state index in [-0.39, 0.29) is 5.56 Å². The van der Waals surface area contributed by atoms with Crippen LogP contribution in [0.1, 0.15) is 11.6 Å². The van der Waals surface area contributed by atoms with E-state index < -0.39 is 42.9 Å². The zero-order valence-corrected chi connectivity index (χ0v) is 9.82. The largest absolute Gasteiger partial charge is 0.411 e. The van der Waals surface area contributed by atoms with Crippen LogP contribution in [0.5, 0.6) is 0 Å². The van der Waals surface area contributed by atoms with E-state index in [0.29, 0.717) is 6.07 Å². The maximum atomic E-state index is 13.4. The van der Waals surface area contributed by atoms with Crippen LogP contribution in [0, 0.1) is 17.5 Å². The van der Waals surface area contributed by atoms with Gasteiger partial charge in [-0.05, 0) is 13.1 Å². The van der Waals surface area contributed by atoms with Crippen LogP contribution >= 0.6 is 0 Å². The van der Waals surface area contributed by atoms with Gasteiger partial charge in [0.15, 0.2) is 17.5 Å². The lowest BCUT2D eigenvalue weighted by atomic mass is 10.1. The molecule has 0 radical (unpaired) electrons. The quantitative estimate of drug-likeness (QED) is 0.664. The molecule has 1 aromatic rings. The van der Waals surface area contributed by atoms with Crippen molar-refractivity contribution in [3.8, 4) is 0 Å². The molecule has 19 heavy (non-hydrogen) atoms. The van der Waals surface area contributed by atoms with Crippen molar-refractivity contribution in [2.45, 2.75) is 12.2 Å². The zero-order chi connectivity index (χ0) is 14.6. The van der Waals surface area contributed by atoms with E-state index in [1.54, 1.807) is 0 Å². The highest BCUT2D eigenvalue weighted by Gasteiger charge is 2.28. The fourth-order valence-corrected chi connectivity index (χ4v) is 1.43. The third-order valence-corrected chi connectivity index (χ3v) is 2.34. The Hall–Kier alpha value is -1.28. The Morgan fingerprint density at radius 3 is 2.32 bits per heavy atom. The maximum Gasteiger partial charge on any atom is 0.411 e. The number of nitrogens with one attached hydrogen (secondary N) is 1. The van der Waals surface area contributed by atoms with Crippen molar-refractivity contribution in [2.75, 3.05) is 20.3 Å². The molecule has 0 saturated carbocycles. The molecule has 0 aliphatic heterocycles. The van der Waals surface area contributed by atoms with Gasteiger partial charge in [-0.1, -0.05) is 6.07 Å². The SMILES string of the molecule is CNC(COCC(F)(F)F)c1ccc(F)c(F)c1F. The molecule has 0 amide bonds. The van der Waals surface area contributed by atoms with Crippen LogP contribution in [0.4, 0.5) is 26.3 Å². The van der Waals surface area contributed by atoms with Crippen molar-refractivity contribution in [2.24, 2.45) is 0 Å². The molecule has 1 unspecified atom stereocenters. The van der Waals surface area contributed by atoms with E-state index in [1.165, 1.54) is 7.05 Å². The second-order valence-electron chi connectivity index (χ2n) is 3.74. The number of likely N-dealkylation sites (N-methyl/N-ethyl adjacent to an activating group) is 1. The molecule has 0 aliphatic carbocycles. The summed E-state index contributed by atoms with van der Waals surface area (Å²) in [6.07, 6.45) is -4.51. The molecule has 108 valence electrons. The summed E-state index contributed by atoms with van der Waals surface area (Å²) < 4.78 is 79.1. The molecule has 0 aliphatic rings. The maximum absolute atomic E-state index is 13.4. The van der Waals surface area contributed by atoms with Gasteiger partial charge in [0, 0.05) is 5.56 Å². The Morgan fingerprint density at radius 1 is 1.16 bits per heavy atom. The summed E-state index contributed by atoms with van der Waals surface area (Å²) in [5, 5.41) is 2.47. The minimum Gasteiger partial charge on any atom is -0.370 e. The summed E-state index contributed by atoms with van der Waals surface area (Å²) in [5.74, 6) is -4.49. The third-order valence-electron chi connectivity index (χ3n) is 2.34. The topological polar surface area (TPSA) is 21.3 Å². The first-order valence-electron chi connectivity index (χ1n) is 5.21. The smallest absolute Gasteiger partial charge is 0.370 e. The van der Waals surface area contributed by atoms with Gasteiger partial charge in [0.25, 0.3) is 0 Å².